The Kier molecular flexibility index (Phi) is 9.53. The van der Waals surface area contributed by atoms with Crippen molar-refractivity contribution in [3.05, 3.63) is 31.1 Å². The van der Waals surface area contributed by atoms with Crippen LogP contribution in [0.2, 0.25) is 0 Å². The fourth-order valence-electron chi connectivity index (χ4n) is 2.35. The lowest BCUT2D eigenvalue weighted by Crippen LogP contribution is -2.49. The van der Waals surface area contributed by atoms with Crippen LogP contribution in [0.1, 0.15) is 0 Å². The minimum atomic E-state index is 0. The quantitative estimate of drug-likeness (QED) is 0.297. The number of halogens is 1. The lowest BCUT2D eigenvalue weighted by molar-refractivity contribution is 0.260. The van der Waals surface area contributed by atoms with E-state index in [2.05, 4.69) is 42.0 Å². The molecule has 23 heavy (non-hydrogen) atoms. The van der Waals surface area contributed by atoms with Gasteiger partial charge in [-0.05, 0) is 6.07 Å². The van der Waals surface area contributed by atoms with Crippen molar-refractivity contribution >= 4 is 35.9 Å². The molecule has 2 rings (SSSR count). The summed E-state index contributed by atoms with van der Waals surface area (Å²) in [5, 5.41) is 6.47. The van der Waals surface area contributed by atoms with Crippen LogP contribution < -0.4 is 15.5 Å². The smallest absolute Gasteiger partial charge is 0.225 e. The average Bonchev–Trinajstić information content (AvgIpc) is 2.59. The SMILES string of the molecule is C=CCNC(=NC)NCCN1CCN(c2ncccn2)CC1.I. The Morgan fingerprint density at radius 3 is 2.57 bits per heavy atom. The van der Waals surface area contributed by atoms with E-state index in [9.17, 15) is 0 Å². The Balaban J connectivity index is 0.00000264. The number of hydrogen-bond donors (Lipinski definition) is 2. The molecule has 1 aromatic rings. The lowest BCUT2D eigenvalue weighted by atomic mass is 10.3. The number of piperazine rings is 1. The van der Waals surface area contributed by atoms with Crippen LogP contribution in [-0.2, 0) is 0 Å². The standard InChI is InChI=1S/C15H25N7.HI/c1-3-5-17-14(16-2)18-8-9-21-10-12-22(13-11-21)15-19-6-4-7-20-15;/h3-4,6-7H,1,5,8-13H2,2H3,(H2,16,17,18);1H. The maximum Gasteiger partial charge on any atom is 0.225 e. The monoisotopic (exact) mass is 431 g/mol. The second-order valence-electron chi connectivity index (χ2n) is 5.05. The van der Waals surface area contributed by atoms with E-state index in [4.69, 9.17) is 0 Å². The van der Waals surface area contributed by atoms with Gasteiger partial charge >= 0.3 is 0 Å². The first kappa shape index (κ1) is 19.6. The molecule has 1 aromatic heterocycles. The molecule has 0 amide bonds. The Bertz CT molecular complexity index is 472. The zero-order chi connectivity index (χ0) is 15.6. The molecule has 1 aliphatic heterocycles. The Morgan fingerprint density at radius 2 is 1.96 bits per heavy atom. The number of aromatic nitrogens is 2. The molecular formula is C15H26IN7. The van der Waals surface area contributed by atoms with Crippen LogP contribution in [0.15, 0.2) is 36.1 Å². The summed E-state index contributed by atoms with van der Waals surface area (Å²) < 4.78 is 0. The maximum atomic E-state index is 4.30. The van der Waals surface area contributed by atoms with Crippen LogP contribution in [0.25, 0.3) is 0 Å². The minimum Gasteiger partial charge on any atom is -0.355 e. The van der Waals surface area contributed by atoms with E-state index in [0.717, 1.165) is 57.7 Å². The van der Waals surface area contributed by atoms with Gasteiger partial charge in [-0.25, -0.2) is 9.97 Å². The van der Waals surface area contributed by atoms with Gasteiger partial charge in [0.2, 0.25) is 5.95 Å². The van der Waals surface area contributed by atoms with Gasteiger partial charge in [0.25, 0.3) is 0 Å². The van der Waals surface area contributed by atoms with Crippen molar-refractivity contribution in [2.24, 2.45) is 4.99 Å². The molecule has 1 saturated heterocycles. The third-order valence-corrected chi connectivity index (χ3v) is 3.57. The molecule has 8 heteroatoms. The van der Waals surface area contributed by atoms with E-state index in [1.165, 1.54) is 0 Å². The molecule has 0 aromatic carbocycles. The average molecular weight is 431 g/mol. The first-order chi connectivity index (χ1) is 10.8. The van der Waals surface area contributed by atoms with Gasteiger partial charge in [-0.3, -0.25) is 9.89 Å². The molecule has 0 bridgehead atoms. The highest BCUT2D eigenvalue weighted by molar-refractivity contribution is 14.0. The summed E-state index contributed by atoms with van der Waals surface area (Å²) >= 11 is 0. The van der Waals surface area contributed by atoms with E-state index in [0.29, 0.717) is 0 Å². The van der Waals surface area contributed by atoms with Crippen LogP contribution >= 0.6 is 24.0 Å². The highest BCUT2D eigenvalue weighted by atomic mass is 127. The summed E-state index contributed by atoms with van der Waals surface area (Å²) in [4.78, 5) is 17.4. The van der Waals surface area contributed by atoms with Crippen molar-refractivity contribution in [3.63, 3.8) is 0 Å². The largest absolute Gasteiger partial charge is 0.355 e. The predicted molar refractivity (Wildman–Crippen MR) is 106 cm³/mol. The van der Waals surface area contributed by atoms with E-state index >= 15 is 0 Å². The van der Waals surface area contributed by atoms with Gasteiger partial charge in [0.05, 0.1) is 0 Å². The molecule has 0 radical (unpaired) electrons. The fourth-order valence-corrected chi connectivity index (χ4v) is 2.35. The molecule has 0 atom stereocenters. The molecule has 7 nitrogen and oxygen atoms in total. The molecule has 0 saturated carbocycles. The summed E-state index contributed by atoms with van der Waals surface area (Å²) in [6.07, 6.45) is 5.40. The van der Waals surface area contributed by atoms with Gasteiger partial charge in [-0.15, -0.1) is 30.6 Å². The van der Waals surface area contributed by atoms with Gasteiger partial charge < -0.3 is 15.5 Å². The van der Waals surface area contributed by atoms with Crippen LogP contribution in [-0.4, -0.2) is 73.7 Å². The molecule has 2 N–H and O–H groups in total. The molecular weight excluding hydrogens is 405 g/mol. The van der Waals surface area contributed by atoms with E-state index in [1.54, 1.807) is 19.4 Å². The highest BCUT2D eigenvalue weighted by Crippen LogP contribution is 2.08. The van der Waals surface area contributed by atoms with Crippen LogP contribution in [0.3, 0.4) is 0 Å². The van der Waals surface area contributed by atoms with Crippen LogP contribution in [0, 0.1) is 0 Å². The van der Waals surface area contributed by atoms with Crippen LogP contribution in [0.4, 0.5) is 5.95 Å². The summed E-state index contributed by atoms with van der Waals surface area (Å²) in [6, 6.07) is 1.85. The van der Waals surface area contributed by atoms with Crippen molar-refractivity contribution in [3.8, 4) is 0 Å². The summed E-state index contributed by atoms with van der Waals surface area (Å²) in [6.45, 7) is 10.3. The number of nitrogens with one attached hydrogen (secondary N) is 2. The molecule has 0 aliphatic carbocycles. The third-order valence-electron chi connectivity index (χ3n) is 3.57. The second-order valence-corrected chi connectivity index (χ2v) is 5.05. The highest BCUT2D eigenvalue weighted by Gasteiger charge is 2.18. The fraction of sp³-hybridized carbons (Fsp3) is 0.533. The number of anilines is 1. The Morgan fingerprint density at radius 1 is 1.26 bits per heavy atom. The van der Waals surface area contributed by atoms with Crippen molar-refractivity contribution in [2.75, 3.05) is 57.8 Å². The second kappa shape index (κ2) is 11.2. The first-order valence-electron chi connectivity index (χ1n) is 7.63. The molecule has 1 fully saturated rings. The van der Waals surface area contributed by atoms with Crippen molar-refractivity contribution in [1.29, 1.82) is 0 Å². The van der Waals surface area contributed by atoms with Gasteiger partial charge in [-0.2, -0.15) is 0 Å². The number of hydrogen-bond acceptors (Lipinski definition) is 5. The number of guanidine groups is 1. The number of rotatable bonds is 6. The van der Waals surface area contributed by atoms with E-state index in [1.807, 2.05) is 12.1 Å². The van der Waals surface area contributed by atoms with Crippen LogP contribution in [0.5, 0.6) is 0 Å². The number of nitrogens with zero attached hydrogens (tertiary/aromatic N) is 5. The zero-order valence-corrected chi connectivity index (χ0v) is 15.9. The molecule has 0 spiro atoms. The normalized spacial score (nSPS) is 15.7. The maximum absolute atomic E-state index is 4.30. The summed E-state index contributed by atoms with van der Waals surface area (Å²) in [7, 11) is 1.77. The molecule has 0 unspecified atom stereocenters. The molecule has 128 valence electrons. The van der Waals surface area contributed by atoms with Gasteiger partial charge in [0.15, 0.2) is 5.96 Å². The number of aliphatic imine (C=N–C) groups is 1. The van der Waals surface area contributed by atoms with Crippen molar-refractivity contribution < 1.29 is 0 Å². The minimum absolute atomic E-state index is 0. The zero-order valence-electron chi connectivity index (χ0n) is 13.6. The topological polar surface area (TPSA) is 68.7 Å². The summed E-state index contributed by atoms with van der Waals surface area (Å²) in [5.41, 5.74) is 0. The van der Waals surface area contributed by atoms with Crippen molar-refractivity contribution in [2.45, 2.75) is 0 Å². The lowest BCUT2D eigenvalue weighted by Gasteiger charge is -2.34. The van der Waals surface area contributed by atoms with E-state index < -0.39 is 0 Å². The van der Waals surface area contributed by atoms with Gasteiger partial charge in [0.1, 0.15) is 0 Å². The van der Waals surface area contributed by atoms with E-state index in [-0.39, 0.29) is 24.0 Å². The Labute approximate surface area is 155 Å². The predicted octanol–water partition coefficient (Wildman–Crippen LogP) is 0.568. The first-order valence-corrected chi connectivity index (χ1v) is 7.63. The van der Waals surface area contributed by atoms with Crippen molar-refractivity contribution in [1.82, 2.24) is 25.5 Å². The van der Waals surface area contributed by atoms with Gasteiger partial charge in [-0.1, -0.05) is 6.08 Å². The third kappa shape index (κ3) is 6.69. The summed E-state index contributed by atoms with van der Waals surface area (Å²) in [5.74, 6) is 1.64. The molecule has 2 heterocycles. The molecule has 1 aliphatic rings. The Hall–Kier alpha value is -1.42. The van der Waals surface area contributed by atoms with Gasteiger partial charge in [0, 0.05) is 65.3 Å².